The van der Waals surface area contributed by atoms with E-state index in [9.17, 15) is 0 Å². The Morgan fingerprint density at radius 1 is 0.889 bits per heavy atom. The van der Waals surface area contributed by atoms with Crippen LogP contribution in [0.15, 0.2) is 72.8 Å². The van der Waals surface area contributed by atoms with Gasteiger partial charge in [-0.1, -0.05) is 80.9 Å². The van der Waals surface area contributed by atoms with Crippen molar-refractivity contribution in [3.05, 3.63) is 88.9 Å². The number of imidazole rings is 1. The third-order valence-electron chi connectivity index (χ3n) is 4.89. The predicted octanol–water partition coefficient (Wildman–Crippen LogP) is 6.70. The molecule has 0 amide bonds. The Morgan fingerprint density at radius 3 is 2.33 bits per heavy atom. The average molecular weight is 375 g/mol. The first-order chi connectivity index (χ1) is 12.9. The molecule has 0 bridgehead atoms. The molecule has 27 heavy (non-hydrogen) atoms. The van der Waals surface area contributed by atoms with Crippen LogP contribution in [0.2, 0.25) is 5.02 Å². The summed E-state index contributed by atoms with van der Waals surface area (Å²) in [6, 6.07) is 25.1. The van der Waals surface area contributed by atoms with Gasteiger partial charge in [0, 0.05) is 17.1 Å². The summed E-state index contributed by atoms with van der Waals surface area (Å²) in [5.41, 5.74) is 5.89. The molecule has 2 nitrogen and oxygen atoms in total. The lowest BCUT2D eigenvalue weighted by Crippen LogP contribution is -2.10. The molecule has 4 rings (SSSR count). The van der Waals surface area contributed by atoms with Crippen LogP contribution in [-0.2, 0) is 12.0 Å². The zero-order chi connectivity index (χ0) is 19.0. The van der Waals surface area contributed by atoms with E-state index in [1.165, 1.54) is 11.1 Å². The molecule has 0 unspecified atom stereocenters. The molecule has 1 heterocycles. The Kier molecular flexibility index (Phi) is 4.53. The average Bonchev–Trinajstić information content (AvgIpc) is 3.00. The summed E-state index contributed by atoms with van der Waals surface area (Å²) in [5, 5.41) is 0.757. The molecular formula is C24H23ClN2. The highest BCUT2D eigenvalue weighted by molar-refractivity contribution is 6.30. The Hall–Kier alpha value is -2.58. The minimum absolute atomic E-state index is 0.138. The van der Waals surface area contributed by atoms with Crippen LogP contribution in [0.4, 0.5) is 0 Å². The number of nitrogens with zero attached hydrogens (tertiary/aromatic N) is 2. The molecule has 0 saturated carbocycles. The number of benzene rings is 3. The summed E-state index contributed by atoms with van der Waals surface area (Å²) in [6.07, 6.45) is 0. The highest BCUT2D eigenvalue weighted by atomic mass is 35.5. The molecule has 3 aromatic carbocycles. The van der Waals surface area contributed by atoms with Gasteiger partial charge in [-0.3, -0.25) is 0 Å². The predicted molar refractivity (Wildman–Crippen MR) is 114 cm³/mol. The van der Waals surface area contributed by atoms with Gasteiger partial charge in [-0.25, -0.2) is 4.98 Å². The Balaban J connectivity index is 1.83. The first kappa shape index (κ1) is 17.8. The van der Waals surface area contributed by atoms with E-state index in [0.717, 1.165) is 34.0 Å². The number of fused-ring (bicyclic) bond motifs is 1. The van der Waals surface area contributed by atoms with Crippen molar-refractivity contribution in [3.63, 3.8) is 0 Å². The van der Waals surface area contributed by atoms with Gasteiger partial charge in [-0.15, -0.1) is 0 Å². The number of halogens is 1. The van der Waals surface area contributed by atoms with Gasteiger partial charge in [-0.2, -0.15) is 0 Å². The largest absolute Gasteiger partial charge is 0.319 e. The Morgan fingerprint density at radius 2 is 1.63 bits per heavy atom. The molecule has 0 radical (unpaired) electrons. The Bertz CT molecular complexity index is 1090. The molecule has 4 aromatic rings. The summed E-state index contributed by atoms with van der Waals surface area (Å²) < 4.78 is 2.27. The zero-order valence-corrected chi connectivity index (χ0v) is 16.7. The molecule has 0 saturated heterocycles. The second-order valence-electron chi connectivity index (χ2n) is 7.97. The molecule has 0 aliphatic rings. The monoisotopic (exact) mass is 374 g/mol. The summed E-state index contributed by atoms with van der Waals surface area (Å²) in [7, 11) is 0. The van der Waals surface area contributed by atoms with Crippen molar-refractivity contribution in [1.29, 1.82) is 0 Å². The molecule has 0 spiro atoms. The number of aromatic nitrogens is 2. The fourth-order valence-corrected chi connectivity index (χ4v) is 3.61. The van der Waals surface area contributed by atoms with Gasteiger partial charge in [0.1, 0.15) is 5.82 Å². The van der Waals surface area contributed by atoms with Crippen LogP contribution in [0.5, 0.6) is 0 Å². The maximum absolute atomic E-state index is 6.20. The van der Waals surface area contributed by atoms with E-state index in [1.807, 2.05) is 24.3 Å². The van der Waals surface area contributed by atoms with Crippen molar-refractivity contribution in [1.82, 2.24) is 9.55 Å². The lowest BCUT2D eigenvalue weighted by Gasteiger charge is -2.19. The van der Waals surface area contributed by atoms with E-state index in [2.05, 4.69) is 73.9 Å². The summed E-state index contributed by atoms with van der Waals surface area (Å²) in [6.45, 7) is 7.43. The first-order valence-electron chi connectivity index (χ1n) is 9.22. The van der Waals surface area contributed by atoms with E-state index in [0.29, 0.717) is 0 Å². The lowest BCUT2D eigenvalue weighted by molar-refractivity contribution is 0.590. The van der Waals surface area contributed by atoms with E-state index in [-0.39, 0.29) is 5.41 Å². The van der Waals surface area contributed by atoms with Crippen molar-refractivity contribution in [2.45, 2.75) is 32.7 Å². The maximum Gasteiger partial charge on any atom is 0.141 e. The van der Waals surface area contributed by atoms with Gasteiger partial charge in [0.15, 0.2) is 0 Å². The van der Waals surface area contributed by atoms with Crippen molar-refractivity contribution in [2.75, 3.05) is 0 Å². The van der Waals surface area contributed by atoms with E-state index in [4.69, 9.17) is 16.6 Å². The molecule has 1 aromatic heterocycles. The van der Waals surface area contributed by atoms with Crippen LogP contribution in [-0.4, -0.2) is 9.55 Å². The van der Waals surface area contributed by atoms with Crippen molar-refractivity contribution in [3.8, 4) is 11.4 Å². The molecule has 0 atom stereocenters. The summed E-state index contributed by atoms with van der Waals surface area (Å²) in [4.78, 5) is 4.92. The first-order valence-corrected chi connectivity index (χ1v) is 9.60. The zero-order valence-electron chi connectivity index (χ0n) is 15.9. The second kappa shape index (κ2) is 6.86. The standard InChI is InChI=1S/C24H23ClN2/c1-24(2,3)19-13-11-18(12-14-19)23-26-21-9-4-5-10-22(21)27(23)16-17-7-6-8-20(25)15-17/h4-15H,16H2,1-3H3. The normalized spacial score (nSPS) is 11.9. The molecule has 0 N–H and O–H groups in total. The van der Waals surface area contributed by atoms with Crippen molar-refractivity contribution >= 4 is 22.6 Å². The second-order valence-corrected chi connectivity index (χ2v) is 8.40. The van der Waals surface area contributed by atoms with E-state index in [1.54, 1.807) is 0 Å². The van der Waals surface area contributed by atoms with E-state index < -0.39 is 0 Å². The van der Waals surface area contributed by atoms with Crippen LogP contribution < -0.4 is 0 Å². The van der Waals surface area contributed by atoms with E-state index >= 15 is 0 Å². The highest BCUT2D eigenvalue weighted by Gasteiger charge is 2.16. The fourth-order valence-electron chi connectivity index (χ4n) is 3.39. The smallest absolute Gasteiger partial charge is 0.141 e. The van der Waals surface area contributed by atoms with Crippen molar-refractivity contribution in [2.24, 2.45) is 0 Å². The number of hydrogen-bond acceptors (Lipinski definition) is 1. The third-order valence-corrected chi connectivity index (χ3v) is 5.13. The topological polar surface area (TPSA) is 17.8 Å². The van der Waals surface area contributed by atoms with Gasteiger partial charge in [0.2, 0.25) is 0 Å². The van der Waals surface area contributed by atoms with Gasteiger partial charge in [0.05, 0.1) is 11.0 Å². The summed E-state index contributed by atoms with van der Waals surface area (Å²) >= 11 is 6.20. The minimum atomic E-state index is 0.138. The van der Waals surface area contributed by atoms with Gasteiger partial charge in [-0.05, 0) is 40.8 Å². The SMILES string of the molecule is CC(C)(C)c1ccc(-c2nc3ccccc3n2Cc2cccc(Cl)c2)cc1. The molecule has 0 aliphatic heterocycles. The number of hydrogen-bond donors (Lipinski definition) is 0. The fraction of sp³-hybridized carbons (Fsp3) is 0.208. The maximum atomic E-state index is 6.20. The van der Waals surface area contributed by atoms with Gasteiger partial charge >= 0.3 is 0 Å². The van der Waals surface area contributed by atoms with Gasteiger partial charge in [0.25, 0.3) is 0 Å². The quantitative estimate of drug-likeness (QED) is 0.390. The van der Waals surface area contributed by atoms with Crippen LogP contribution in [0.1, 0.15) is 31.9 Å². The molecule has 0 aliphatic carbocycles. The lowest BCUT2D eigenvalue weighted by atomic mass is 9.87. The molecule has 3 heteroatoms. The number of para-hydroxylation sites is 2. The minimum Gasteiger partial charge on any atom is -0.319 e. The van der Waals surface area contributed by atoms with Crippen LogP contribution in [0, 0.1) is 0 Å². The molecular weight excluding hydrogens is 352 g/mol. The van der Waals surface area contributed by atoms with Gasteiger partial charge < -0.3 is 4.57 Å². The summed E-state index contributed by atoms with van der Waals surface area (Å²) in [5.74, 6) is 0.983. The molecule has 136 valence electrons. The van der Waals surface area contributed by atoms with Crippen LogP contribution in [0.25, 0.3) is 22.4 Å². The van der Waals surface area contributed by atoms with Crippen LogP contribution in [0.3, 0.4) is 0 Å². The third kappa shape index (κ3) is 3.63. The Labute approximate surface area is 165 Å². The van der Waals surface area contributed by atoms with Crippen LogP contribution >= 0.6 is 11.6 Å². The highest BCUT2D eigenvalue weighted by Crippen LogP contribution is 2.29. The number of rotatable bonds is 3. The molecule has 0 fully saturated rings. The van der Waals surface area contributed by atoms with Crippen molar-refractivity contribution < 1.29 is 0 Å².